The largest absolute Gasteiger partial charge is 0.329 e. The van der Waals surface area contributed by atoms with Gasteiger partial charge in [0.05, 0.1) is 0 Å². The minimum absolute atomic E-state index is 0.0680. The molecular weight excluding hydrogens is 208 g/mol. The van der Waals surface area contributed by atoms with Crippen molar-refractivity contribution in [3.05, 3.63) is 59.7 Å². The first-order chi connectivity index (χ1) is 8.20. The van der Waals surface area contributed by atoms with E-state index >= 15 is 0 Å². The van der Waals surface area contributed by atoms with Crippen molar-refractivity contribution in [1.29, 1.82) is 0 Å². The molecule has 1 atom stereocenters. The molecule has 0 spiro atoms. The lowest BCUT2D eigenvalue weighted by Crippen LogP contribution is -2.20. The number of rotatable bonds is 3. The fourth-order valence-corrected chi connectivity index (χ4v) is 1.88. The van der Waals surface area contributed by atoms with Crippen molar-refractivity contribution in [2.75, 3.05) is 6.54 Å². The van der Waals surface area contributed by atoms with Gasteiger partial charge >= 0.3 is 0 Å². The van der Waals surface area contributed by atoms with Crippen LogP contribution in [-0.4, -0.2) is 6.54 Å². The molecule has 2 aromatic rings. The highest BCUT2D eigenvalue weighted by Gasteiger charge is 2.03. The molecule has 2 nitrogen and oxygen atoms in total. The smallest absolute Gasteiger partial charge is 0.0419 e. The van der Waals surface area contributed by atoms with E-state index in [1.54, 1.807) is 0 Å². The Balaban J connectivity index is 2.29. The average molecular weight is 226 g/mol. The highest BCUT2D eigenvalue weighted by atomic mass is 14.7. The first-order valence-corrected chi connectivity index (χ1v) is 5.83. The number of hydrogen-bond acceptors (Lipinski definition) is 2. The SMILES string of the molecule is Cc1cccc(-c2ccc([C@H](N)CN)cc2)c1. The highest BCUT2D eigenvalue weighted by Crippen LogP contribution is 2.22. The molecule has 0 amide bonds. The van der Waals surface area contributed by atoms with Gasteiger partial charge in [-0.05, 0) is 23.6 Å². The summed E-state index contributed by atoms with van der Waals surface area (Å²) in [6.07, 6.45) is 0. The Morgan fingerprint density at radius 3 is 2.29 bits per heavy atom. The third-order valence-corrected chi connectivity index (χ3v) is 2.94. The molecule has 0 unspecified atom stereocenters. The fourth-order valence-electron chi connectivity index (χ4n) is 1.88. The van der Waals surface area contributed by atoms with Crippen molar-refractivity contribution in [1.82, 2.24) is 0 Å². The summed E-state index contributed by atoms with van der Waals surface area (Å²) in [4.78, 5) is 0. The van der Waals surface area contributed by atoms with Gasteiger partial charge in [0.15, 0.2) is 0 Å². The number of aryl methyl sites for hydroxylation is 1. The molecule has 0 fully saturated rings. The van der Waals surface area contributed by atoms with Crippen LogP contribution in [0.4, 0.5) is 0 Å². The quantitative estimate of drug-likeness (QED) is 0.845. The second-order valence-electron chi connectivity index (χ2n) is 4.33. The van der Waals surface area contributed by atoms with E-state index in [2.05, 4.69) is 55.5 Å². The molecule has 0 aliphatic heterocycles. The summed E-state index contributed by atoms with van der Waals surface area (Å²) in [5.74, 6) is 0. The van der Waals surface area contributed by atoms with Crippen LogP contribution in [0.3, 0.4) is 0 Å². The molecule has 0 saturated heterocycles. The third-order valence-electron chi connectivity index (χ3n) is 2.94. The topological polar surface area (TPSA) is 52.0 Å². The van der Waals surface area contributed by atoms with Crippen LogP contribution in [0.15, 0.2) is 48.5 Å². The molecule has 17 heavy (non-hydrogen) atoms. The van der Waals surface area contributed by atoms with Crippen molar-refractivity contribution in [3.8, 4) is 11.1 Å². The van der Waals surface area contributed by atoms with Gasteiger partial charge in [-0.15, -0.1) is 0 Å². The number of hydrogen-bond donors (Lipinski definition) is 2. The van der Waals surface area contributed by atoms with E-state index in [-0.39, 0.29) is 6.04 Å². The molecule has 0 heterocycles. The van der Waals surface area contributed by atoms with Crippen molar-refractivity contribution in [2.24, 2.45) is 11.5 Å². The molecule has 0 aliphatic rings. The summed E-state index contributed by atoms with van der Waals surface area (Å²) in [6, 6.07) is 16.7. The lowest BCUT2D eigenvalue weighted by atomic mass is 10.00. The van der Waals surface area contributed by atoms with E-state index in [4.69, 9.17) is 11.5 Å². The normalized spacial score (nSPS) is 12.4. The van der Waals surface area contributed by atoms with Crippen LogP contribution in [0.1, 0.15) is 17.2 Å². The van der Waals surface area contributed by atoms with Gasteiger partial charge in [-0.25, -0.2) is 0 Å². The minimum Gasteiger partial charge on any atom is -0.329 e. The van der Waals surface area contributed by atoms with Crippen molar-refractivity contribution in [2.45, 2.75) is 13.0 Å². The van der Waals surface area contributed by atoms with Crippen LogP contribution in [0, 0.1) is 6.92 Å². The summed E-state index contributed by atoms with van der Waals surface area (Å²) in [6.45, 7) is 2.58. The second kappa shape index (κ2) is 5.13. The monoisotopic (exact) mass is 226 g/mol. The zero-order valence-corrected chi connectivity index (χ0v) is 10.1. The predicted molar refractivity (Wildman–Crippen MR) is 72.6 cm³/mol. The number of nitrogens with two attached hydrogens (primary N) is 2. The van der Waals surface area contributed by atoms with Crippen LogP contribution in [-0.2, 0) is 0 Å². The van der Waals surface area contributed by atoms with Gasteiger partial charge in [-0.2, -0.15) is 0 Å². The summed E-state index contributed by atoms with van der Waals surface area (Å²) in [7, 11) is 0. The van der Waals surface area contributed by atoms with Gasteiger partial charge < -0.3 is 11.5 Å². The third kappa shape index (κ3) is 2.73. The van der Waals surface area contributed by atoms with E-state index < -0.39 is 0 Å². The molecule has 0 bridgehead atoms. The Morgan fingerprint density at radius 2 is 1.71 bits per heavy atom. The first-order valence-electron chi connectivity index (χ1n) is 5.83. The molecular formula is C15H18N2. The summed E-state index contributed by atoms with van der Waals surface area (Å²) < 4.78 is 0. The van der Waals surface area contributed by atoms with E-state index in [1.165, 1.54) is 16.7 Å². The van der Waals surface area contributed by atoms with Gasteiger partial charge in [-0.1, -0.05) is 54.1 Å². The fraction of sp³-hybridized carbons (Fsp3) is 0.200. The standard InChI is InChI=1S/C15H18N2/c1-11-3-2-4-14(9-11)12-5-7-13(8-6-12)15(17)10-16/h2-9,15H,10,16-17H2,1H3/t15-/m1/s1. The maximum absolute atomic E-state index is 5.88. The Morgan fingerprint density at radius 1 is 1.00 bits per heavy atom. The van der Waals surface area contributed by atoms with Gasteiger partial charge in [-0.3, -0.25) is 0 Å². The Kier molecular flexibility index (Phi) is 3.57. The highest BCUT2D eigenvalue weighted by molar-refractivity contribution is 5.64. The lowest BCUT2D eigenvalue weighted by Gasteiger charge is -2.10. The predicted octanol–water partition coefficient (Wildman–Crippen LogP) is 2.62. The molecule has 0 saturated carbocycles. The summed E-state index contributed by atoms with van der Waals surface area (Å²) >= 11 is 0. The zero-order chi connectivity index (χ0) is 12.3. The van der Waals surface area contributed by atoms with E-state index in [1.807, 2.05) is 0 Å². The van der Waals surface area contributed by atoms with Gasteiger partial charge in [0.2, 0.25) is 0 Å². The molecule has 2 aromatic carbocycles. The van der Waals surface area contributed by atoms with Gasteiger partial charge in [0.1, 0.15) is 0 Å². The molecule has 0 aromatic heterocycles. The maximum atomic E-state index is 5.88. The lowest BCUT2D eigenvalue weighted by molar-refractivity contribution is 0.737. The van der Waals surface area contributed by atoms with Crippen LogP contribution in [0.25, 0.3) is 11.1 Å². The van der Waals surface area contributed by atoms with Crippen LogP contribution in [0.5, 0.6) is 0 Å². The minimum atomic E-state index is -0.0680. The number of benzene rings is 2. The molecule has 4 N–H and O–H groups in total. The summed E-state index contributed by atoms with van der Waals surface area (Å²) in [5.41, 5.74) is 16.2. The average Bonchev–Trinajstić information content (AvgIpc) is 2.38. The molecule has 0 radical (unpaired) electrons. The summed E-state index contributed by atoms with van der Waals surface area (Å²) in [5, 5.41) is 0. The first kappa shape index (κ1) is 11.8. The van der Waals surface area contributed by atoms with Crippen molar-refractivity contribution < 1.29 is 0 Å². The van der Waals surface area contributed by atoms with E-state index in [0.29, 0.717) is 6.54 Å². The molecule has 88 valence electrons. The molecule has 2 heteroatoms. The van der Waals surface area contributed by atoms with Crippen molar-refractivity contribution in [3.63, 3.8) is 0 Å². The Labute approximate surface area is 102 Å². The Hall–Kier alpha value is -1.64. The van der Waals surface area contributed by atoms with E-state index in [0.717, 1.165) is 5.56 Å². The van der Waals surface area contributed by atoms with Crippen LogP contribution >= 0.6 is 0 Å². The maximum Gasteiger partial charge on any atom is 0.0419 e. The van der Waals surface area contributed by atoms with Crippen LogP contribution in [0.2, 0.25) is 0 Å². The van der Waals surface area contributed by atoms with E-state index in [9.17, 15) is 0 Å². The van der Waals surface area contributed by atoms with Crippen molar-refractivity contribution >= 4 is 0 Å². The molecule has 2 rings (SSSR count). The van der Waals surface area contributed by atoms with Crippen LogP contribution < -0.4 is 11.5 Å². The molecule has 0 aliphatic carbocycles. The van der Waals surface area contributed by atoms with Gasteiger partial charge in [0.25, 0.3) is 0 Å². The van der Waals surface area contributed by atoms with Gasteiger partial charge in [0, 0.05) is 12.6 Å². The zero-order valence-electron chi connectivity index (χ0n) is 10.1. The Bertz CT molecular complexity index is 489. The second-order valence-corrected chi connectivity index (χ2v) is 4.33.